The zero-order valence-electron chi connectivity index (χ0n) is 20.2. The second kappa shape index (κ2) is 12.9. The minimum atomic E-state index is -0.571. The third-order valence-electron chi connectivity index (χ3n) is 5.36. The van der Waals surface area contributed by atoms with Crippen molar-refractivity contribution in [3.63, 3.8) is 0 Å². The molecule has 0 radical (unpaired) electrons. The molecule has 3 rings (SSSR count). The first-order valence-corrected chi connectivity index (χ1v) is 11.4. The van der Waals surface area contributed by atoms with Crippen LogP contribution < -0.4 is 10.6 Å². The van der Waals surface area contributed by atoms with Crippen LogP contribution in [0.25, 0.3) is 0 Å². The fourth-order valence-corrected chi connectivity index (χ4v) is 3.39. The number of benzene rings is 3. The fraction of sp³-hybridized carbons (Fsp3) is 0.214. The predicted molar refractivity (Wildman–Crippen MR) is 133 cm³/mol. The van der Waals surface area contributed by atoms with Crippen LogP contribution in [-0.4, -0.2) is 36.8 Å². The topological polar surface area (TPSA) is 111 Å². The first kappa shape index (κ1) is 26.2. The van der Waals surface area contributed by atoms with Crippen LogP contribution in [0.4, 0.5) is 0 Å². The maximum Gasteiger partial charge on any atom is 0.325 e. The molecule has 8 heteroatoms. The summed E-state index contributed by atoms with van der Waals surface area (Å²) in [5.74, 6) is -1.83. The Morgan fingerprint density at radius 1 is 0.611 bits per heavy atom. The van der Waals surface area contributed by atoms with Gasteiger partial charge in [0.25, 0.3) is 11.8 Å². The lowest BCUT2D eigenvalue weighted by atomic mass is 10.1. The summed E-state index contributed by atoms with van der Waals surface area (Å²) in [5.41, 5.74) is 4.04. The summed E-state index contributed by atoms with van der Waals surface area (Å²) in [6.07, 6.45) is 0. The van der Waals surface area contributed by atoms with E-state index in [2.05, 4.69) is 10.6 Å². The monoisotopic (exact) mass is 488 g/mol. The number of esters is 2. The van der Waals surface area contributed by atoms with Crippen LogP contribution in [0.1, 0.15) is 43.0 Å². The molecule has 0 aliphatic heterocycles. The van der Waals surface area contributed by atoms with E-state index in [1.165, 1.54) is 0 Å². The van der Waals surface area contributed by atoms with E-state index in [4.69, 9.17) is 9.47 Å². The van der Waals surface area contributed by atoms with Crippen LogP contribution in [0.15, 0.2) is 72.8 Å². The molecule has 36 heavy (non-hydrogen) atoms. The number of hydrogen-bond acceptors (Lipinski definition) is 6. The molecule has 186 valence electrons. The van der Waals surface area contributed by atoms with Gasteiger partial charge in [-0.15, -0.1) is 0 Å². The number of nitrogens with one attached hydrogen (secondary N) is 2. The Bertz CT molecular complexity index is 1160. The van der Waals surface area contributed by atoms with Crippen LogP contribution >= 0.6 is 0 Å². The van der Waals surface area contributed by atoms with Crippen LogP contribution in [0, 0.1) is 13.8 Å². The molecule has 8 nitrogen and oxygen atoms in total. The van der Waals surface area contributed by atoms with Crippen molar-refractivity contribution in [1.29, 1.82) is 0 Å². The van der Waals surface area contributed by atoms with E-state index in [1.54, 1.807) is 48.5 Å². The van der Waals surface area contributed by atoms with E-state index in [9.17, 15) is 19.2 Å². The molecule has 0 saturated carbocycles. The third kappa shape index (κ3) is 7.80. The van der Waals surface area contributed by atoms with E-state index in [0.29, 0.717) is 22.3 Å². The van der Waals surface area contributed by atoms with Gasteiger partial charge in [-0.2, -0.15) is 0 Å². The first-order chi connectivity index (χ1) is 17.3. The second-order valence-electron chi connectivity index (χ2n) is 8.14. The van der Waals surface area contributed by atoms with Gasteiger partial charge < -0.3 is 20.1 Å². The highest BCUT2D eigenvalue weighted by Crippen LogP contribution is 2.10. The average Bonchev–Trinajstić information content (AvgIpc) is 2.88. The standard InChI is InChI=1S/C28H28N2O6/c1-19-8-3-5-12-23(19)27(33)29-15-25(31)35-17-21-10-7-11-22(14-21)18-36-26(32)16-30-28(34)24-13-6-4-9-20(24)2/h3-14H,15-18H2,1-2H3,(H,29,33)(H,30,34). The lowest BCUT2D eigenvalue weighted by molar-refractivity contribution is -0.144. The third-order valence-corrected chi connectivity index (χ3v) is 5.36. The van der Waals surface area contributed by atoms with Gasteiger partial charge in [0.2, 0.25) is 0 Å². The Hall–Kier alpha value is -4.46. The van der Waals surface area contributed by atoms with Crippen molar-refractivity contribution in [2.24, 2.45) is 0 Å². The Morgan fingerprint density at radius 2 is 1.03 bits per heavy atom. The maximum absolute atomic E-state index is 12.2. The van der Waals surface area contributed by atoms with Crippen LogP contribution in [0.5, 0.6) is 0 Å². The van der Waals surface area contributed by atoms with Gasteiger partial charge >= 0.3 is 11.9 Å². The number of carbonyl (C=O) groups is 4. The summed E-state index contributed by atoms with van der Waals surface area (Å²) in [4.78, 5) is 48.5. The normalized spacial score (nSPS) is 10.3. The van der Waals surface area contributed by atoms with Crippen LogP contribution in [0.3, 0.4) is 0 Å². The number of rotatable bonds is 10. The highest BCUT2D eigenvalue weighted by Gasteiger charge is 2.12. The molecule has 0 aliphatic rings. The van der Waals surface area contributed by atoms with Gasteiger partial charge in [-0.3, -0.25) is 19.2 Å². The van der Waals surface area contributed by atoms with Crippen LogP contribution in [-0.2, 0) is 32.3 Å². The minimum Gasteiger partial charge on any atom is -0.460 e. The summed E-state index contributed by atoms with van der Waals surface area (Å²) in [7, 11) is 0. The molecule has 0 heterocycles. The summed E-state index contributed by atoms with van der Waals surface area (Å²) >= 11 is 0. The van der Waals surface area contributed by atoms with Gasteiger partial charge in [0, 0.05) is 11.1 Å². The highest BCUT2D eigenvalue weighted by atomic mass is 16.5. The predicted octanol–water partition coefficient (Wildman–Crippen LogP) is 3.25. The van der Waals surface area contributed by atoms with E-state index >= 15 is 0 Å². The summed E-state index contributed by atoms with van der Waals surface area (Å²) in [6.45, 7) is 3.15. The Balaban J connectivity index is 1.40. The Morgan fingerprint density at radius 3 is 1.44 bits per heavy atom. The maximum atomic E-state index is 12.2. The molecule has 0 atom stereocenters. The van der Waals surface area contributed by atoms with Crippen molar-refractivity contribution in [2.45, 2.75) is 27.1 Å². The van der Waals surface area contributed by atoms with Crippen molar-refractivity contribution in [3.05, 3.63) is 106 Å². The van der Waals surface area contributed by atoms with Gasteiger partial charge in [-0.25, -0.2) is 0 Å². The number of amides is 2. The zero-order valence-corrected chi connectivity index (χ0v) is 20.2. The largest absolute Gasteiger partial charge is 0.460 e. The molecular formula is C28H28N2O6. The lowest BCUT2D eigenvalue weighted by Gasteiger charge is -2.10. The molecule has 0 aromatic heterocycles. The quantitative estimate of drug-likeness (QED) is 0.424. The SMILES string of the molecule is Cc1ccccc1C(=O)NCC(=O)OCc1cccc(COC(=O)CNC(=O)c2ccccc2C)c1. The molecule has 0 spiro atoms. The van der Waals surface area contributed by atoms with E-state index in [-0.39, 0.29) is 38.1 Å². The molecule has 0 saturated heterocycles. The molecule has 2 N–H and O–H groups in total. The highest BCUT2D eigenvalue weighted by molar-refractivity contribution is 5.97. The average molecular weight is 489 g/mol. The summed E-state index contributed by atoms with van der Waals surface area (Å²) in [5, 5.41) is 5.10. The molecule has 3 aromatic carbocycles. The molecule has 3 aromatic rings. The molecule has 0 aliphatic carbocycles. The number of aryl methyl sites for hydroxylation is 2. The molecule has 0 unspecified atom stereocenters. The lowest BCUT2D eigenvalue weighted by Crippen LogP contribution is -2.31. The smallest absolute Gasteiger partial charge is 0.325 e. The first-order valence-electron chi connectivity index (χ1n) is 11.4. The Labute approximate surface area is 209 Å². The van der Waals surface area contributed by atoms with Crippen molar-refractivity contribution in [1.82, 2.24) is 10.6 Å². The van der Waals surface area contributed by atoms with Gasteiger partial charge in [0.15, 0.2) is 0 Å². The van der Waals surface area contributed by atoms with Crippen molar-refractivity contribution in [3.8, 4) is 0 Å². The minimum absolute atomic E-state index is 0.00728. The molecule has 0 bridgehead atoms. The zero-order chi connectivity index (χ0) is 25.9. The second-order valence-corrected chi connectivity index (χ2v) is 8.14. The summed E-state index contributed by atoms with van der Waals surface area (Å²) in [6, 6.07) is 21.2. The Kier molecular flexibility index (Phi) is 9.33. The molecule has 2 amide bonds. The molecular weight excluding hydrogens is 460 g/mol. The number of carbonyl (C=O) groups excluding carboxylic acids is 4. The van der Waals surface area contributed by atoms with E-state index in [0.717, 1.165) is 11.1 Å². The van der Waals surface area contributed by atoms with E-state index < -0.39 is 11.9 Å². The van der Waals surface area contributed by atoms with Crippen molar-refractivity contribution in [2.75, 3.05) is 13.1 Å². The van der Waals surface area contributed by atoms with Gasteiger partial charge in [-0.05, 0) is 54.3 Å². The molecule has 0 fully saturated rings. The van der Waals surface area contributed by atoms with Crippen molar-refractivity contribution < 1.29 is 28.7 Å². The van der Waals surface area contributed by atoms with Crippen LogP contribution in [0.2, 0.25) is 0 Å². The number of hydrogen-bond donors (Lipinski definition) is 2. The summed E-state index contributed by atoms with van der Waals surface area (Å²) < 4.78 is 10.5. The van der Waals surface area contributed by atoms with Gasteiger partial charge in [-0.1, -0.05) is 54.6 Å². The fourth-order valence-electron chi connectivity index (χ4n) is 3.39. The van der Waals surface area contributed by atoms with Gasteiger partial charge in [0.05, 0.1) is 0 Å². The van der Waals surface area contributed by atoms with Crippen molar-refractivity contribution >= 4 is 23.8 Å². The number of ether oxygens (including phenoxy) is 2. The van der Waals surface area contributed by atoms with Gasteiger partial charge in [0.1, 0.15) is 26.3 Å². The van der Waals surface area contributed by atoms with E-state index in [1.807, 2.05) is 38.1 Å².